The van der Waals surface area contributed by atoms with Gasteiger partial charge in [0.05, 0.1) is 33.1 Å². The van der Waals surface area contributed by atoms with Gasteiger partial charge in [-0.3, -0.25) is 9.10 Å². The molecular weight excluding hydrogens is 472 g/mol. The van der Waals surface area contributed by atoms with Crippen molar-refractivity contribution in [3.05, 3.63) is 76.9 Å². The summed E-state index contributed by atoms with van der Waals surface area (Å²) in [5.74, 6) is 0.389. The number of anilines is 3. The van der Waals surface area contributed by atoms with Crippen molar-refractivity contribution in [3.63, 3.8) is 0 Å². The number of fused-ring (bicyclic) bond motifs is 1. The quantitative estimate of drug-likeness (QED) is 0.552. The van der Waals surface area contributed by atoms with Crippen LogP contribution < -0.4 is 14.5 Å². The fourth-order valence-electron chi connectivity index (χ4n) is 4.51. The van der Waals surface area contributed by atoms with Gasteiger partial charge in [-0.15, -0.1) is 0 Å². The zero-order chi connectivity index (χ0) is 23.7. The van der Waals surface area contributed by atoms with Gasteiger partial charge in [-0.25, -0.2) is 13.4 Å². The van der Waals surface area contributed by atoms with Crippen molar-refractivity contribution < 1.29 is 13.2 Å². The second-order valence-corrected chi connectivity index (χ2v) is 10.8. The fraction of sp³-hybridized carbons (Fsp3) is 0.280. The molecule has 2 aliphatic heterocycles. The molecular formula is C25H25ClN4O3S. The summed E-state index contributed by atoms with van der Waals surface area (Å²) in [5, 5.41) is 2.96. The monoisotopic (exact) mass is 496 g/mol. The highest BCUT2D eigenvalue weighted by atomic mass is 35.5. The lowest BCUT2D eigenvalue weighted by Gasteiger charge is -2.30. The standard InChI is InChI=1S/C25H25ClN4O3S/c26-22-11-10-20(34(32,33)30-15-5-7-18-6-1-2-8-23(18)30)16-21(22)25(31)28-19-9-12-24(27-17-19)29-13-3-4-14-29/h1-2,6,8-12,16-17H,3-5,7,13-15H2,(H,28,31). The predicted octanol–water partition coefficient (Wildman–Crippen LogP) is 4.73. The number of carbonyl (C=O) groups excluding carboxylic acids is 1. The van der Waals surface area contributed by atoms with Gasteiger partial charge >= 0.3 is 0 Å². The maximum absolute atomic E-state index is 13.5. The maximum Gasteiger partial charge on any atom is 0.264 e. The minimum absolute atomic E-state index is 0.0289. The molecule has 0 saturated carbocycles. The number of para-hydroxylation sites is 1. The molecule has 2 aromatic carbocycles. The van der Waals surface area contributed by atoms with Gasteiger partial charge in [-0.2, -0.15) is 0 Å². The second kappa shape index (κ2) is 9.27. The van der Waals surface area contributed by atoms with E-state index in [-0.39, 0.29) is 15.5 Å². The average Bonchev–Trinajstić information content (AvgIpc) is 3.39. The van der Waals surface area contributed by atoms with E-state index in [0.29, 0.717) is 17.9 Å². The molecule has 1 aromatic heterocycles. The lowest BCUT2D eigenvalue weighted by molar-refractivity contribution is 0.102. The Labute approximate surface area is 204 Å². The van der Waals surface area contributed by atoms with Gasteiger partial charge in [0.2, 0.25) is 0 Å². The van der Waals surface area contributed by atoms with E-state index in [1.807, 2.05) is 30.3 Å². The number of aryl methyl sites for hydroxylation is 1. The van der Waals surface area contributed by atoms with Crippen LogP contribution in [0.15, 0.2) is 65.7 Å². The molecule has 9 heteroatoms. The van der Waals surface area contributed by atoms with Crippen molar-refractivity contribution in [1.29, 1.82) is 0 Å². The molecule has 1 N–H and O–H groups in total. The number of nitrogens with zero attached hydrogens (tertiary/aromatic N) is 3. The van der Waals surface area contributed by atoms with Gasteiger partial charge in [-0.05, 0) is 67.6 Å². The number of carbonyl (C=O) groups is 1. The number of pyridine rings is 1. The van der Waals surface area contributed by atoms with Crippen LogP contribution in [0.4, 0.5) is 17.2 Å². The van der Waals surface area contributed by atoms with Gasteiger partial charge in [0, 0.05) is 19.6 Å². The highest BCUT2D eigenvalue weighted by Crippen LogP contribution is 2.33. The number of amides is 1. The van der Waals surface area contributed by atoms with Crippen LogP contribution in [0, 0.1) is 0 Å². The number of benzene rings is 2. The molecule has 176 valence electrons. The Morgan fingerprint density at radius 1 is 0.971 bits per heavy atom. The van der Waals surface area contributed by atoms with Gasteiger partial charge in [-0.1, -0.05) is 29.8 Å². The molecule has 0 aliphatic carbocycles. The summed E-state index contributed by atoms with van der Waals surface area (Å²) in [4.78, 5) is 19.7. The Bertz CT molecular complexity index is 1320. The molecule has 1 amide bonds. The van der Waals surface area contributed by atoms with Gasteiger partial charge in [0.25, 0.3) is 15.9 Å². The van der Waals surface area contributed by atoms with Crippen LogP contribution >= 0.6 is 11.6 Å². The van der Waals surface area contributed by atoms with Crippen molar-refractivity contribution in [2.24, 2.45) is 0 Å². The van der Waals surface area contributed by atoms with Gasteiger partial charge < -0.3 is 10.2 Å². The molecule has 0 spiro atoms. The van der Waals surface area contributed by atoms with Crippen LogP contribution in [-0.4, -0.2) is 38.9 Å². The van der Waals surface area contributed by atoms with Crippen LogP contribution in [0.2, 0.25) is 5.02 Å². The smallest absolute Gasteiger partial charge is 0.264 e. The van der Waals surface area contributed by atoms with E-state index in [1.54, 1.807) is 12.3 Å². The van der Waals surface area contributed by atoms with Gasteiger partial charge in [0.1, 0.15) is 5.82 Å². The van der Waals surface area contributed by atoms with E-state index in [0.717, 1.165) is 50.2 Å². The zero-order valence-electron chi connectivity index (χ0n) is 18.6. The molecule has 3 aromatic rings. The second-order valence-electron chi connectivity index (χ2n) is 8.50. The maximum atomic E-state index is 13.5. The number of sulfonamides is 1. The Balaban J connectivity index is 1.39. The third-order valence-corrected chi connectivity index (χ3v) is 8.41. The third kappa shape index (κ3) is 4.35. The summed E-state index contributed by atoms with van der Waals surface area (Å²) >= 11 is 6.29. The largest absolute Gasteiger partial charge is 0.357 e. The zero-order valence-corrected chi connectivity index (χ0v) is 20.1. The molecule has 34 heavy (non-hydrogen) atoms. The molecule has 5 rings (SSSR count). The summed E-state index contributed by atoms with van der Waals surface area (Å²) < 4.78 is 28.4. The van der Waals surface area contributed by atoms with Crippen molar-refractivity contribution in [2.45, 2.75) is 30.6 Å². The predicted molar refractivity (Wildman–Crippen MR) is 134 cm³/mol. The van der Waals surface area contributed by atoms with Crippen LogP contribution in [0.25, 0.3) is 0 Å². The van der Waals surface area contributed by atoms with Crippen LogP contribution in [0.3, 0.4) is 0 Å². The highest BCUT2D eigenvalue weighted by molar-refractivity contribution is 7.92. The number of rotatable bonds is 5. The molecule has 2 aliphatic rings. The first-order valence-electron chi connectivity index (χ1n) is 11.4. The van der Waals surface area contributed by atoms with Crippen molar-refractivity contribution in [2.75, 3.05) is 34.2 Å². The van der Waals surface area contributed by atoms with E-state index in [1.165, 1.54) is 22.5 Å². The molecule has 7 nitrogen and oxygen atoms in total. The molecule has 3 heterocycles. The summed E-state index contributed by atoms with van der Waals surface area (Å²) in [6.07, 6.45) is 5.48. The summed E-state index contributed by atoms with van der Waals surface area (Å²) in [7, 11) is -3.86. The Hall–Kier alpha value is -3.10. The molecule has 0 radical (unpaired) electrons. The number of halogens is 1. The molecule has 0 bridgehead atoms. The highest BCUT2D eigenvalue weighted by Gasteiger charge is 2.30. The van der Waals surface area contributed by atoms with Crippen molar-refractivity contribution in [1.82, 2.24) is 4.98 Å². The molecule has 1 saturated heterocycles. The Kier molecular flexibility index (Phi) is 6.18. The van der Waals surface area contributed by atoms with E-state index in [2.05, 4.69) is 15.2 Å². The number of aromatic nitrogens is 1. The third-order valence-electron chi connectivity index (χ3n) is 6.27. The Morgan fingerprint density at radius 3 is 2.53 bits per heavy atom. The van der Waals surface area contributed by atoms with Crippen LogP contribution in [-0.2, 0) is 16.4 Å². The molecule has 1 fully saturated rings. The van der Waals surface area contributed by atoms with E-state index in [9.17, 15) is 13.2 Å². The SMILES string of the molecule is O=C(Nc1ccc(N2CCCC2)nc1)c1cc(S(=O)(=O)N2CCCc3ccccc32)ccc1Cl. The first kappa shape index (κ1) is 22.7. The van der Waals surface area contributed by atoms with Crippen molar-refractivity contribution in [3.8, 4) is 0 Å². The molecule has 0 atom stereocenters. The normalized spacial score (nSPS) is 15.8. The first-order valence-corrected chi connectivity index (χ1v) is 13.2. The number of nitrogens with one attached hydrogen (secondary N) is 1. The lowest BCUT2D eigenvalue weighted by Crippen LogP contribution is -2.35. The minimum Gasteiger partial charge on any atom is -0.357 e. The van der Waals surface area contributed by atoms with Crippen LogP contribution in [0.5, 0.6) is 0 Å². The van der Waals surface area contributed by atoms with E-state index in [4.69, 9.17) is 11.6 Å². The lowest BCUT2D eigenvalue weighted by atomic mass is 10.0. The minimum atomic E-state index is -3.86. The fourth-order valence-corrected chi connectivity index (χ4v) is 6.28. The number of hydrogen-bond acceptors (Lipinski definition) is 5. The first-order chi connectivity index (χ1) is 16.4. The Morgan fingerprint density at radius 2 is 1.76 bits per heavy atom. The van der Waals surface area contributed by atoms with Crippen molar-refractivity contribution >= 4 is 44.7 Å². The van der Waals surface area contributed by atoms with Gasteiger partial charge in [0.15, 0.2) is 0 Å². The van der Waals surface area contributed by atoms with E-state index >= 15 is 0 Å². The average molecular weight is 497 g/mol. The summed E-state index contributed by atoms with van der Waals surface area (Å²) in [6, 6.07) is 15.4. The number of hydrogen-bond donors (Lipinski definition) is 1. The van der Waals surface area contributed by atoms with E-state index < -0.39 is 15.9 Å². The summed E-state index contributed by atoms with van der Waals surface area (Å²) in [5.41, 5.74) is 2.28. The summed E-state index contributed by atoms with van der Waals surface area (Å²) in [6.45, 7) is 2.35. The molecule has 0 unspecified atom stereocenters. The topological polar surface area (TPSA) is 82.6 Å². The van der Waals surface area contributed by atoms with Crippen LogP contribution in [0.1, 0.15) is 35.2 Å².